The van der Waals surface area contributed by atoms with Crippen molar-refractivity contribution in [2.75, 3.05) is 0 Å². The third-order valence-electron chi connectivity index (χ3n) is 2.47. The maximum atomic E-state index is 2.43. The second kappa shape index (κ2) is 0.399. The lowest BCUT2D eigenvalue weighted by atomic mass is 10.4. The van der Waals surface area contributed by atoms with Crippen LogP contribution in [0.3, 0.4) is 0 Å². The summed E-state index contributed by atoms with van der Waals surface area (Å²) in [5.74, 6) is 0. The van der Waals surface area contributed by atoms with Gasteiger partial charge in [-0.25, -0.2) is 0 Å². The summed E-state index contributed by atoms with van der Waals surface area (Å²) < 4.78 is 0. The van der Waals surface area contributed by atoms with Crippen LogP contribution in [-0.4, -0.2) is 11.1 Å². The molecule has 2 aliphatic rings. The number of nitrogens with two attached hydrogens (primary N) is 1. The maximum Gasteiger partial charge on any atom is 0.155 e. The van der Waals surface area contributed by atoms with E-state index in [0.29, 0.717) is 0 Å². The lowest BCUT2D eigenvalue weighted by Gasteiger charge is -1.81. The highest BCUT2D eigenvalue weighted by Gasteiger charge is 2.85. The van der Waals surface area contributed by atoms with Gasteiger partial charge in [0.15, 0.2) is 11.1 Å². The number of hydrogen-bond donors (Lipinski definition) is 1. The van der Waals surface area contributed by atoms with Crippen LogP contribution in [0.4, 0.5) is 0 Å². The van der Waals surface area contributed by atoms with Crippen LogP contribution in [-0.2, 0) is 0 Å². The fourth-order valence-corrected chi connectivity index (χ4v) is 1.36. The first kappa shape index (κ1) is 3.03. The van der Waals surface area contributed by atoms with Gasteiger partial charge in [-0.05, 0) is 13.8 Å². The zero-order valence-electron chi connectivity index (χ0n) is 4.28. The Hall–Kier alpha value is -0.0400. The Morgan fingerprint density at radius 3 is 1.50 bits per heavy atom. The molecule has 2 fully saturated rings. The maximum absolute atomic E-state index is 2.43. The summed E-state index contributed by atoms with van der Waals surface area (Å²) in [5.41, 5.74) is 1.46. The molecule has 1 heterocycles. The van der Waals surface area contributed by atoms with Gasteiger partial charge in [-0.2, -0.15) is 0 Å². The molecule has 0 aromatic rings. The van der Waals surface area contributed by atoms with E-state index in [-0.39, 0.29) is 0 Å². The minimum Gasteiger partial charge on any atom is -0.326 e. The van der Waals surface area contributed by atoms with Crippen molar-refractivity contribution in [2.24, 2.45) is 0 Å². The van der Waals surface area contributed by atoms with Crippen molar-refractivity contribution < 1.29 is 5.32 Å². The van der Waals surface area contributed by atoms with Crippen molar-refractivity contribution >= 4 is 0 Å². The molecule has 1 saturated carbocycles. The topological polar surface area (TPSA) is 16.6 Å². The van der Waals surface area contributed by atoms with Gasteiger partial charge in [-0.15, -0.1) is 0 Å². The predicted octanol–water partition coefficient (Wildman–Crippen LogP) is -0.516. The van der Waals surface area contributed by atoms with Gasteiger partial charge in [-0.1, -0.05) is 0 Å². The van der Waals surface area contributed by atoms with E-state index in [2.05, 4.69) is 19.2 Å². The fourth-order valence-electron chi connectivity index (χ4n) is 1.36. The summed E-state index contributed by atoms with van der Waals surface area (Å²) in [5, 5.41) is 2.43. The quantitative estimate of drug-likeness (QED) is 0.380. The van der Waals surface area contributed by atoms with Gasteiger partial charge in [0.25, 0.3) is 0 Å². The van der Waals surface area contributed by atoms with Crippen LogP contribution in [0.5, 0.6) is 0 Å². The number of hydrogen-bond acceptors (Lipinski definition) is 0. The van der Waals surface area contributed by atoms with Crippen LogP contribution in [0.15, 0.2) is 0 Å². The normalized spacial score (nSPS) is 73.0. The van der Waals surface area contributed by atoms with E-state index in [1.807, 2.05) is 0 Å². The minimum absolute atomic E-state index is 0.729. The summed E-state index contributed by atoms with van der Waals surface area (Å²) in [4.78, 5) is 0. The first-order valence-electron chi connectivity index (χ1n) is 2.53. The molecule has 0 amide bonds. The number of rotatable bonds is 0. The molecule has 6 heavy (non-hydrogen) atoms. The summed E-state index contributed by atoms with van der Waals surface area (Å²) in [6.45, 7) is 4.65. The first-order chi connectivity index (χ1) is 2.66. The molecule has 0 aromatic heterocycles. The van der Waals surface area contributed by atoms with E-state index in [0.717, 1.165) is 11.1 Å². The summed E-state index contributed by atoms with van der Waals surface area (Å²) in [7, 11) is 0. The van der Waals surface area contributed by atoms with E-state index in [1.54, 1.807) is 0 Å². The van der Waals surface area contributed by atoms with Crippen molar-refractivity contribution in [1.29, 1.82) is 0 Å². The Bertz CT molecular complexity index is 88.5. The molecule has 0 spiro atoms. The van der Waals surface area contributed by atoms with Crippen molar-refractivity contribution in [1.82, 2.24) is 0 Å². The summed E-state index contributed by atoms with van der Waals surface area (Å²) in [6, 6.07) is 0. The van der Waals surface area contributed by atoms with E-state index in [1.165, 1.54) is 6.42 Å². The zero-order valence-corrected chi connectivity index (χ0v) is 4.28. The molecule has 2 unspecified atom stereocenters. The van der Waals surface area contributed by atoms with E-state index >= 15 is 0 Å². The third kappa shape index (κ3) is 0.121. The van der Waals surface area contributed by atoms with Gasteiger partial charge in [0.2, 0.25) is 0 Å². The van der Waals surface area contributed by atoms with Crippen LogP contribution >= 0.6 is 0 Å². The molecule has 0 radical (unpaired) electrons. The Morgan fingerprint density at radius 1 is 1.33 bits per heavy atom. The smallest absolute Gasteiger partial charge is 0.155 e. The molecule has 0 aromatic carbocycles. The van der Waals surface area contributed by atoms with Crippen LogP contribution in [0, 0.1) is 0 Å². The highest BCUT2D eigenvalue weighted by atomic mass is 15.4. The zero-order chi connectivity index (χ0) is 4.41. The molecule has 1 saturated heterocycles. The number of quaternary nitrogens is 1. The lowest BCUT2D eigenvalue weighted by Crippen LogP contribution is -2.75. The van der Waals surface area contributed by atoms with Crippen molar-refractivity contribution in [3.8, 4) is 0 Å². The standard InChI is InChI=1S/C5H9N/c1-4-3-5(4,2)6-4/h6H,3H2,1-2H3/p+1. The van der Waals surface area contributed by atoms with Gasteiger partial charge < -0.3 is 5.32 Å². The Morgan fingerprint density at radius 2 is 1.50 bits per heavy atom. The highest BCUT2D eigenvalue weighted by Crippen LogP contribution is 2.51. The van der Waals surface area contributed by atoms with Crippen LogP contribution < -0.4 is 5.32 Å². The van der Waals surface area contributed by atoms with Crippen LogP contribution in [0.1, 0.15) is 20.3 Å². The second-order valence-corrected chi connectivity index (χ2v) is 3.16. The van der Waals surface area contributed by atoms with Gasteiger partial charge in [-0.3, -0.25) is 0 Å². The highest BCUT2D eigenvalue weighted by molar-refractivity contribution is 5.22. The van der Waals surface area contributed by atoms with E-state index < -0.39 is 0 Å². The molecule has 1 nitrogen and oxygen atoms in total. The summed E-state index contributed by atoms with van der Waals surface area (Å²) >= 11 is 0. The second-order valence-electron chi connectivity index (χ2n) is 3.16. The molecular formula is C5H10N+. The molecular weight excluding hydrogens is 74.1 g/mol. The largest absolute Gasteiger partial charge is 0.326 e. The van der Waals surface area contributed by atoms with Gasteiger partial charge >= 0.3 is 0 Å². The van der Waals surface area contributed by atoms with Gasteiger partial charge in [0.05, 0.1) is 6.42 Å². The molecule has 2 N–H and O–H groups in total. The van der Waals surface area contributed by atoms with Crippen molar-refractivity contribution in [3.05, 3.63) is 0 Å². The van der Waals surface area contributed by atoms with Crippen molar-refractivity contribution in [2.45, 2.75) is 31.3 Å². The average molecular weight is 84.1 g/mol. The van der Waals surface area contributed by atoms with Crippen LogP contribution in [0.25, 0.3) is 0 Å². The van der Waals surface area contributed by atoms with Crippen molar-refractivity contribution in [3.63, 3.8) is 0 Å². The molecule has 1 aliphatic carbocycles. The third-order valence-corrected chi connectivity index (χ3v) is 2.47. The predicted molar refractivity (Wildman–Crippen MR) is 23.4 cm³/mol. The average Bonchev–Trinajstić information content (AvgIpc) is 1.78. The summed E-state index contributed by atoms with van der Waals surface area (Å²) in [6.07, 6.45) is 1.46. The first-order valence-corrected chi connectivity index (χ1v) is 2.53. The molecule has 2 atom stereocenters. The Kier molecular flexibility index (Phi) is 0.201. The molecule has 34 valence electrons. The van der Waals surface area contributed by atoms with E-state index in [9.17, 15) is 0 Å². The Balaban J connectivity index is 2.34. The number of fused-ring (bicyclic) bond motifs is 1. The van der Waals surface area contributed by atoms with E-state index in [4.69, 9.17) is 0 Å². The van der Waals surface area contributed by atoms with Gasteiger partial charge in [0, 0.05) is 0 Å². The molecule has 0 bridgehead atoms. The Labute approximate surface area is 37.7 Å². The fraction of sp³-hybridized carbons (Fsp3) is 1.00. The molecule has 1 aliphatic heterocycles. The van der Waals surface area contributed by atoms with Crippen LogP contribution in [0.2, 0.25) is 0 Å². The minimum atomic E-state index is 0.729. The SMILES string of the molecule is CC12CC1(C)[NH2+]2. The monoisotopic (exact) mass is 84.1 g/mol. The molecule has 2 rings (SSSR count). The molecule has 1 heteroatoms. The van der Waals surface area contributed by atoms with Gasteiger partial charge in [0.1, 0.15) is 0 Å². The lowest BCUT2D eigenvalue weighted by molar-refractivity contribution is -0.595.